The van der Waals surface area contributed by atoms with Gasteiger partial charge in [0.25, 0.3) is 0 Å². The van der Waals surface area contributed by atoms with Crippen LogP contribution in [-0.2, 0) is 9.47 Å². The van der Waals surface area contributed by atoms with E-state index in [1.54, 1.807) is 25.3 Å². The minimum Gasteiger partial charge on any atom is -0.478 e. The van der Waals surface area contributed by atoms with Gasteiger partial charge in [-0.3, -0.25) is 0 Å². The molecule has 20 heavy (non-hydrogen) atoms. The summed E-state index contributed by atoms with van der Waals surface area (Å²) in [5.74, 6) is -0.507. The number of hydrogen-bond acceptors (Lipinski definition) is 5. The summed E-state index contributed by atoms with van der Waals surface area (Å²) >= 11 is 1.40. The second-order valence-electron chi connectivity index (χ2n) is 4.40. The molecule has 0 heterocycles. The highest BCUT2D eigenvalue weighted by Crippen LogP contribution is 2.20. The minimum atomic E-state index is -0.954. The lowest BCUT2D eigenvalue weighted by molar-refractivity contribution is -0.0257. The topological polar surface area (TPSA) is 76.0 Å². The van der Waals surface area contributed by atoms with Crippen LogP contribution in [0.3, 0.4) is 0 Å². The summed E-state index contributed by atoms with van der Waals surface area (Å²) in [5.41, 5.74) is 0.245. The molecule has 1 rings (SSSR count). The van der Waals surface area contributed by atoms with Gasteiger partial charge in [-0.2, -0.15) is 0 Å². The van der Waals surface area contributed by atoms with Gasteiger partial charge in [-0.15, -0.1) is 11.8 Å². The number of benzene rings is 1. The maximum atomic E-state index is 10.8. The number of rotatable bonds is 9. The molecule has 2 atom stereocenters. The monoisotopic (exact) mass is 300 g/mol. The fraction of sp³-hybridized carbons (Fsp3) is 0.500. The smallest absolute Gasteiger partial charge is 0.335 e. The predicted octanol–water partition coefficient (Wildman–Crippen LogP) is 1.89. The van der Waals surface area contributed by atoms with Crippen molar-refractivity contribution >= 4 is 17.7 Å². The minimum absolute atomic E-state index is 0.0602. The van der Waals surface area contributed by atoms with Crippen LogP contribution in [0.2, 0.25) is 0 Å². The lowest BCUT2D eigenvalue weighted by Crippen LogP contribution is -2.24. The Labute approximate surface area is 122 Å². The normalized spacial score (nSPS) is 13.9. The van der Waals surface area contributed by atoms with E-state index in [4.69, 9.17) is 14.6 Å². The lowest BCUT2D eigenvalue weighted by atomic mass is 10.2. The van der Waals surface area contributed by atoms with Crippen molar-refractivity contribution in [3.8, 4) is 0 Å². The number of aliphatic hydroxyl groups is 1. The van der Waals surface area contributed by atoms with E-state index in [0.29, 0.717) is 12.4 Å². The third kappa shape index (κ3) is 6.38. The van der Waals surface area contributed by atoms with E-state index in [1.807, 2.05) is 13.0 Å². The van der Waals surface area contributed by atoms with Gasteiger partial charge in [-0.05, 0) is 25.1 Å². The molecule has 6 heteroatoms. The number of thioether (sulfide) groups is 1. The van der Waals surface area contributed by atoms with E-state index >= 15 is 0 Å². The maximum absolute atomic E-state index is 10.8. The van der Waals surface area contributed by atoms with Crippen LogP contribution in [0.1, 0.15) is 17.3 Å². The zero-order valence-electron chi connectivity index (χ0n) is 11.6. The first-order valence-electron chi connectivity index (χ1n) is 6.27. The summed E-state index contributed by atoms with van der Waals surface area (Å²) in [6, 6.07) is 6.64. The molecule has 0 aromatic heterocycles. The summed E-state index contributed by atoms with van der Waals surface area (Å²) in [4.78, 5) is 11.7. The van der Waals surface area contributed by atoms with Gasteiger partial charge >= 0.3 is 5.97 Å². The van der Waals surface area contributed by atoms with Crippen molar-refractivity contribution in [2.24, 2.45) is 0 Å². The molecule has 0 aliphatic heterocycles. The number of carboxylic acid groups (broad SMARTS) is 1. The van der Waals surface area contributed by atoms with Crippen LogP contribution in [0.25, 0.3) is 0 Å². The third-order valence-electron chi connectivity index (χ3n) is 2.50. The summed E-state index contributed by atoms with van der Waals surface area (Å²) in [6.45, 7) is 2.59. The average molecular weight is 300 g/mol. The number of carboxylic acids is 1. The van der Waals surface area contributed by atoms with Gasteiger partial charge in [-0.25, -0.2) is 4.79 Å². The van der Waals surface area contributed by atoms with E-state index in [-0.39, 0.29) is 18.3 Å². The largest absolute Gasteiger partial charge is 0.478 e. The van der Waals surface area contributed by atoms with Crippen LogP contribution in [0.4, 0.5) is 0 Å². The highest BCUT2D eigenvalue weighted by Gasteiger charge is 2.10. The molecule has 5 nitrogen and oxygen atoms in total. The van der Waals surface area contributed by atoms with Crippen molar-refractivity contribution in [3.63, 3.8) is 0 Å². The molecule has 1 aromatic rings. The first-order valence-corrected chi connectivity index (χ1v) is 7.26. The van der Waals surface area contributed by atoms with E-state index < -0.39 is 12.1 Å². The molecular weight excluding hydrogens is 280 g/mol. The number of hydrogen-bond donors (Lipinski definition) is 2. The van der Waals surface area contributed by atoms with Crippen molar-refractivity contribution in [1.29, 1.82) is 0 Å². The zero-order valence-corrected chi connectivity index (χ0v) is 12.4. The molecule has 0 spiro atoms. The Balaban J connectivity index is 2.35. The molecule has 2 N–H and O–H groups in total. The molecule has 1 aromatic carbocycles. The molecule has 0 amide bonds. The SMILES string of the molecule is COCC(C)OCC(O)CSc1cccc(C(=O)O)c1. The number of methoxy groups -OCH3 is 1. The van der Waals surface area contributed by atoms with Gasteiger partial charge in [0.2, 0.25) is 0 Å². The first kappa shape index (κ1) is 17.0. The van der Waals surface area contributed by atoms with E-state index in [0.717, 1.165) is 4.90 Å². The predicted molar refractivity (Wildman–Crippen MR) is 77.4 cm³/mol. The second kappa shape index (κ2) is 8.97. The van der Waals surface area contributed by atoms with E-state index in [1.165, 1.54) is 11.8 Å². The van der Waals surface area contributed by atoms with Crippen molar-refractivity contribution in [3.05, 3.63) is 29.8 Å². The highest BCUT2D eigenvalue weighted by atomic mass is 32.2. The van der Waals surface area contributed by atoms with Crippen LogP contribution in [-0.4, -0.2) is 54.5 Å². The Kier molecular flexibility index (Phi) is 7.61. The quantitative estimate of drug-likeness (QED) is 0.678. The van der Waals surface area contributed by atoms with Gasteiger partial charge in [0.15, 0.2) is 0 Å². The van der Waals surface area contributed by atoms with Gasteiger partial charge < -0.3 is 19.7 Å². The molecule has 2 unspecified atom stereocenters. The van der Waals surface area contributed by atoms with Gasteiger partial charge in [0.1, 0.15) is 0 Å². The Morgan fingerprint density at radius 1 is 1.40 bits per heavy atom. The number of aliphatic hydroxyl groups excluding tert-OH is 1. The fourth-order valence-electron chi connectivity index (χ4n) is 1.52. The van der Waals surface area contributed by atoms with Crippen LogP contribution >= 0.6 is 11.8 Å². The Bertz CT molecular complexity index is 424. The maximum Gasteiger partial charge on any atom is 0.335 e. The van der Waals surface area contributed by atoms with Crippen molar-refractivity contribution in [1.82, 2.24) is 0 Å². The number of carbonyl (C=O) groups is 1. The van der Waals surface area contributed by atoms with Gasteiger partial charge in [0.05, 0.1) is 31.0 Å². The van der Waals surface area contributed by atoms with Crippen LogP contribution in [0.5, 0.6) is 0 Å². The Morgan fingerprint density at radius 2 is 2.15 bits per heavy atom. The van der Waals surface area contributed by atoms with Crippen molar-refractivity contribution < 1.29 is 24.5 Å². The van der Waals surface area contributed by atoms with Crippen molar-refractivity contribution in [2.75, 3.05) is 26.1 Å². The van der Waals surface area contributed by atoms with Crippen LogP contribution in [0.15, 0.2) is 29.2 Å². The summed E-state index contributed by atoms with van der Waals surface area (Å²) in [6.07, 6.45) is -0.664. The molecule has 112 valence electrons. The fourth-order valence-corrected chi connectivity index (χ4v) is 2.38. The number of aromatic carboxylic acids is 1. The molecule has 0 saturated heterocycles. The van der Waals surface area contributed by atoms with Crippen LogP contribution in [0, 0.1) is 0 Å². The molecule has 0 aliphatic carbocycles. The summed E-state index contributed by atoms with van der Waals surface area (Å²) < 4.78 is 10.3. The Morgan fingerprint density at radius 3 is 2.80 bits per heavy atom. The lowest BCUT2D eigenvalue weighted by Gasteiger charge is -2.15. The standard InChI is InChI=1S/C14H20O5S/c1-10(7-18-2)19-8-12(15)9-20-13-5-3-4-11(6-13)14(16)17/h3-6,10,12,15H,7-9H2,1-2H3,(H,16,17). The molecule has 0 aliphatic rings. The molecule has 0 saturated carbocycles. The van der Waals surface area contributed by atoms with Crippen LogP contribution < -0.4 is 0 Å². The summed E-state index contributed by atoms with van der Waals surface area (Å²) in [5, 5.41) is 18.7. The van der Waals surface area contributed by atoms with Gasteiger partial charge in [-0.1, -0.05) is 6.07 Å². The van der Waals surface area contributed by atoms with Gasteiger partial charge in [0, 0.05) is 17.8 Å². The number of ether oxygens (including phenoxy) is 2. The van der Waals surface area contributed by atoms with E-state index in [2.05, 4.69) is 0 Å². The highest BCUT2D eigenvalue weighted by molar-refractivity contribution is 7.99. The summed E-state index contributed by atoms with van der Waals surface area (Å²) in [7, 11) is 1.60. The van der Waals surface area contributed by atoms with E-state index in [9.17, 15) is 9.90 Å². The molecule has 0 bridgehead atoms. The first-order chi connectivity index (χ1) is 9.52. The third-order valence-corrected chi connectivity index (χ3v) is 3.64. The van der Waals surface area contributed by atoms with Crippen molar-refractivity contribution in [2.45, 2.75) is 24.0 Å². The average Bonchev–Trinajstić information content (AvgIpc) is 2.43. The molecule has 0 fully saturated rings. The molecular formula is C14H20O5S. The molecule has 0 radical (unpaired) electrons. The second-order valence-corrected chi connectivity index (χ2v) is 5.49. The zero-order chi connectivity index (χ0) is 15.0. The Hall–Kier alpha value is -1.08.